The van der Waals surface area contributed by atoms with Crippen LogP contribution < -0.4 is 10.2 Å². The van der Waals surface area contributed by atoms with E-state index in [1.807, 2.05) is 18.7 Å². The Morgan fingerprint density at radius 3 is 2.83 bits per heavy atom. The van der Waals surface area contributed by atoms with E-state index in [0.717, 1.165) is 13.0 Å². The van der Waals surface area contributed by atoms with E-state index in [1.165, 1.54) is 6.20 Å². The van der Waals surface area contributed by atoms with Crippen LogP contribution in [-0.4, -0.2) is 43.3 Å². The molecule has 0 fully saturated rings. The SMILES string of the molecule is CCCNc1ncc(F)c(N(CC)CCOC)n1. The monoisotopic (exact) mass is 256 g/mol. The van der Waals surface area contributed by atoms with Crippen molar-refractivity contribution in [3.8, 4) is 0 Å². The van der Waals surface area contributed by atoms with Gasteiger partial charge in [0, 0.05) is 26.7 Å². The van der Waals surface area contributed by atoms with E-state index < -0.39 is 5.82 Å². The van der Waals surface area contributed by atoms with E-state index in [2.05, 4.69) is 15.3 Å². The molecule has 5 nitrogen and oxygen atoms in total. The first-order valence-electron chi connectivity index (χ1n) is 6.23. The third-order valence-electron chi connectivity index (χ3n) is 2.51. The molecular weight excluding hydrogens is 235 g/mol. The number of ether oxygens (including phenoxy) is 1. The molecule has 0 aliphatic heterocycles. The Labute approximate surface area is 107 Å². The molecule has 0 saturated heterocycles. The summed E-state index contributed by atoms with van der Waals surface area (Å²) < 4.78 is 18.7. The van der Waals surface area contributed by atoms with Gasteiger partial charge in [0.15, 0.2) is 11.6 Å². The molecule has 0 saturated carbocycles. The fraction of sp³-hybridized carbons (Fsp3) is 0.667. The van der Waals surface area contributed by atoms with E-state index in [9.17, 15) is 4.39 Å². The number of methoxy groups -OCH3 is 1. The van der Waals surface area contributed by atoms with Crippen LogP contribution in [0.1, 0.15) is 20.3 Å². The second-order valence-electron chi connectivity index (χ2n) is 3.86. The lowest BCUT2D eigenvalue weighted by Crippen LogP contribution is -2.29. The lowest BCUT2D eigenvalue weighted by molar-refractivity contribution is 0.205. The Hall–Kier alpha value is -1.43. The van der Waals surface area contributed by atoms with Gasteiger partial charge < -0.3 is 15.0 Å². The van der Waals surface area contributed by atoms with E-state index in [0.29, 0.717) is 31.5 Å². The molecule has 102 valence electrons. The largest absolute Gasteiger partial charge is 0.383 e. The van der Waals surface area contributed by atoms with Crippen LogP contribution in [0.2, 0.25) is 0 Å². The summed E-state index contributed by atoms with van der Waals surface area (Å²) in [5.74, 6) is 0.377. The number of likely N-dealkylation sites (N-methyl/N-ethyl adjacent to an activating group) is 1. The summed E-state index contributed by atoms with van der Waals surface area (Å²) in [6, 6.07) is 0. The highest BCUT2D eigenvalue weighted by atomic mass is 19.1. The van der Waals surface area contributed by atoms with Crippen molar-refractivity contribution in [3.63, 3.8) is 0 Å². The number of aromatic nitrogens is 2. The Kier molecular flexibility index (Phi) is 6.35. The predicted octanol–water partition coefficient (Wildman–Crippen LogP) is 1.91. The van der Waals surface area contributed by atoms with Crippen molar-refractivity contribution >= 4 is 11.8 Å². The summed E-state index contributed by atoms with van der Waals surface area (Å²) in [6.07, 6.45) is 2.17. The van der Waals surface area contributed by atoms with Gasteiger partial charge in [-0.25, -0.2) is 9.37 Å². The quantitative estimate of drug-likeness (QED) is 0.770. The van der Waals surface area contributed by atoms with E-state index >= 15 is 0 Å². The van der Waals surface area contributed by atoms with Crippen molar-refractivity contribution in [2.75, 3.05) is 43.6 Å². The molecule has 0 aliphatic carbocycles. The third-order valence-corrected chi connectivity index (χ3v) is 2.51. The van der Waals surface area contributed by atoms with E-state index in [4.69, 9.17) is 4.74 Å². The van der Waals surface area contributed by atoms with Crippen molar-refractivity contribution in [2.45, 2.75) is 20.3 Å². The molecule has 6 heteroatoms. The van der Waals surface area contributed by atoms with Crippen LogP contribution in [0.3, 0.4) is 0 Å². The van der Waals surface area contributed by atoms with Gasteiger partial charge in [-0.05, 0) is 13.3 Å². The average molecular weight is 256 g/mol. The summed E-state index contributed by atoms with van der Waals surface area (Å²) in [6.45, 7) is 6.59. The van der Waals surface area contributed by atoms with Gasteiger partial charge in [-0.2, -0.15) is 4.98 Å². The molecule has 1 aromatic heterocycles. The first-order valence-corrected chi connectivity index (χ1v) is 6.23. The molecule has 0 spiro atoms. The fourth-order valence-electron chi connectivity index (χ4n) is 1.52. The highest BCUT2D eigenvalue weighted by Crippen LogP contribution is 2.16. The van der Waals surface area contributed by atoms with Gasteiger partial charge in [-0.15, -0.1) is 0 Å². The Balaban J connectivity index is 2.83. The number of rotatable bonds is 8. The predicted molar refractivity (Wildman–Crippen MR) is 70.5 cm³/mol. The molecule has 0 amide bonds. The molecule has 0 aliphatic rings. The van der Waals surface area contributed by atoms with Crippen molar-refractivity contribution in [1.29, 1.82) is 0 Å². The molecule has 0 bridgehead atoms. The number of hydrogen-bond acceptors (Lipinski definition) is 5. The molecule has 0 aromatic carbocycles. The lowest BCUT2D eigenvalue weighted by Gasteiger charge is -2.22. The third kappa shape index (κ3) is 4.10. The maximum atomic E-state index is 13.7. The smallest absolute Gasteiger partial charge is 0.224 e. The topological polar surface area (TPSA) is 50.3 Å². The van der Waals surface area contributed by atoms with Crippen molar-refractivity contribution in [3.05, 3.63) is 12.0 Å². The lowest BCUT2D eigenvalue weighted by atomic mass is 10.4. The van der Waals surface area contributed by atoms with Gasteiger partial charge >= 0.3 is 0 Å². The summed E-state index contributed by atoms with van der Waals surface area (Å²) in [7, 11) is 1.62. The van der Waals surface area contributed by atoms with E-state index in [-0.39, 0.29) is 0 Å². The number of nitrogens with one attached hydrogen (secondary N) is 1. The summed E-state index contributed by atoms with van der Waals surface area (Å²) >= 11 is 0. The van der Waals surface area contributed by atoms with E-state index in [1.54, 1.807) is 7.11 Å². The van der Waals surface area contributed by atoms with Crippen molar-refractivity contribution in [1.82, 2.24) is 9.97 Å². The molecule has 1 rings (SSSR count). The minimum absolute atomic E-state index is 0.322. The summed E-state index contributed by atoms with van der Waals surface area (Å²) in [4.78, 5) is 9.96. The normalized spacial score (nSPS) is 10.4. The highest BCUT2D eigenvalue weighted by Gasteiger charge is 2.13. The van der Waals surface area contributed by atoms with Crippen LogP contribution in [0.15, 0.2) is 6.20 Å². The van der Waals surface area contributed by atoms with Gasteiger partial charge in [-0.1, -0.05) is 6.92 Å². The Morgan fingerprint density at radius 1 is 1.44 bits per heavy atom. The van der Waals surface area contributed by atoms with Gasteiger partial charge in [0.25, 0.3) is 0 Å². The zero-order chi connectivity index (χ0) is 13.4. The number of nitrogens with zero attached hydrogens (tertiary/aromatic N) is 3. The maximum Gasteiger partial charge on any atom is 0.224 e. The standard InChI is InChI=1S/C12H21FN4O/c1-4-6-14-12-15-9-10(13)11(16-12)17(5-2)7-8-18-3/h9H,4-8H2,1-3H3,(H,14,15,16). The number of hydrogen-bond donors (Lipinski definition) is 1. The van der Waals surface area contributed by atoms with Crippen LogP contribution in [0.4, 0.5) is 16.2 Å². The van der Waals surface area contributed by atoms with Crippen LogP contribution in [0, 0.1) is 5.82 Å². The first-order chi connectivity index (χ1) is 8.72. The molecule has 18 heavy (non-hydrogen) atoms. The second-order valence-corrected chi connectivity index (χ2v) is 3.86. The minimum Gasteiger partial charge on any atom is -0.383 e. The Bertz CT molecular complexity index is 362. The van der Waals surface area contributed by atoms with Gasteiger partial charge in [0.1, 0.15) is 0 Å². The van der Waals surface area contributed by atoms with Crippen molar-refractivity contribution < 1.29 is 9.13 Å². The van der Waals surface area contributed by atoms with Crippen LogP contribution in [0.25, 0.3) is 0 Å². The van der Waals surface area contributed by atoms with Gasteiger partial charge in [0.05, 0.1) is 12.8 Å². The zero-order valence-corrected chi connectivity index (χ0v) is 11.2. The molecule has 0 atom stereocenters. The average Bonchev–Trinajstić information content (AvgIpc) is 2.39. The second kappa shape index (κ2) is 7.81. The molecule has 1 heterocycles. The van der Waals surface area contributed by atoms with Gasteiger partial charge in [-0.3, -0.25) is 0 Å². The highest BCUT2D eigenvalue weighted by molar-refractivity contribution is 5.43. The fourth-order valence-corrected chi connectivity index (χ4v) is 1.52. The summed E-state index contributed by atoms with van der Waals surface area (Å²) in [5, 5.41) is 3.05. The minimum atomic E-state index is -0.407. The first kappa shape index (κ1) is 14.6. The zero-order valence-electron chi connectivity index (χ0n) is 11.2. The molecule has 0 radical (unpaired) electrons. The van der Waals surface area contributed by atoms with Gasteiger partial charge in [0.2, 0.25) is 5.95 Å². The summed E-state index contributed by atoms with van der Waals surface area (Å²) in [5.41, 5.74) is 0. The van der Waals surface area contributed by atoms with Crippen LogP contribution in [0.5, 0.6) is 0 Å². The maximum absolute atomic E-state index is 13.7. The molecule has 1 aromatic rings. The number of halogens is 1. The molecule has 0 unspecified atom stereocenters. The van der Waals surface area contributed by atoms with Crippen molar-refractivity contribution in [2.24, 2.45) is 0 Å². The molecular formula is C12H21FN4O. The van der Waals surface area contributed by atoms with Crippen LogP contribution in [-0.2, 0) is 4.74 Å². The molecule has 1 N–H and O–H groups in total. The van der Waals surface area contributed by atoms with Crippen LogP contribution >= 0.6 is 0 Å². The Morgan fingerprint density at radius 2 is 2.22 bits per heavy atom. The number of anilines is 2.